The van der Waals surface area contributed by atoms with Gasteiger partial charge in [-0.1, -0.05) is 6.07 Å². The van der Waals surface area contributed by atoms with Gasteiger partial charge in [0, 0.05) is 29.2 Å². The first kappa shape index (κ1) is 17.5. The third-order valence-corrected chi connectivity index (χ3v) is 3.69. The second-order valence-electron chi connectivity index (χ2n) is 6.01. The number of amides is 1. The number of hydrogen-bond acceptors (Lipinski definition) is 3. The number of aromatic nitrogens is 1. The third kappa shape index (κ3) is 4.22. The number of nitrogens with zero attached hydrogens (tertiary/aromatic N) is 1. The lowest BCUT2D eigenvalue weighted by Crippen LogP contribution is -2.12. The van der Waals surface area contributed by atoms with Gasteiger partial charge in [-0.2, -0.15) is 0 Å². The maximum atomic E-state index is 13.3. The molecule has 2 aromatic carbocycles. The summed E-state index contributed by atoms with van der Waals surface area (Å²) >= 11 is 0. The Kier molecular flexibility index (Phi) is 4.93. The molecule has 1 heterocycles. The first-order valence-electron chi connectivity index (χ1n) is 7.98. The van der Waals surface area contributed by atoms with Gasteiger partial charge in [0.2, 0.25) is 0 Å². The SMILES string of the molecule is Cc1cc(C)cc(Nc2cc(C(=O)Nc3ccc(F)c(F)c3)ccn2)c1. The van der Waals surface area contributed by atoms with E-state index < -0.39 is 17.5 Å². The fraction of sp³-hybridized carbons (Fsp3) is 0.100. The highest BCUT2D eigenvalue weighted by atomic mass is 19.2. The summed E-state index contributed by atoms with van der Waals surface area (Å²) in [4.78, 5) is 16.5. The van der Waals surface area contributed by atoms with Gasteiger partial charge in [-0.3, -0.25) is 4.79 Å². The number of hydrogen-bond donors (Lipinski definition) is 2. The lowest BCUT2D eigenvalue weighted by Gasteiger charge is -2.10. The molecule has 3 rings (SSSR count). The smallest absolute Gasteiger partial charge is 0.255 e. The molecule has 3 aromatic rings. The number of carbonyl (C=O) groups is 1. The molecule has 0 aliphatic heterocycles. The maximum absolute atomic E-state index is 13.3. The number of rotatable bonds is 4. The van der Waals surface area contributed by atoms with Crippen molar-refractivity contribution in [2.45, 2.75) is 13.8 Å². The van der Waals surface area contributed by atoms with Crippen LogP contribution < -0.4 is 10.6 Å². The first-order valence-corrected chi connectivity index (χ1v) is 7.98. The molecule has 0 atom stereocenters. The summed E-state index contributed by atoms with van der Waals surface area (Å²) in [5.74, 6) is -1.92. The number of halogens is 2. The van der Waals surface area contributed by atoms with Crippen LogP contribution in [-0.4, -0.2) is 10.9 Å². The van der Waals surface area contributed by atoms with Crippen LogP contribution in [0.1, 0.15) is 21.5 Å². The van der Waals surface area contributed by atoms with Crippen molar-refractivity contribution in [3.8, 4) is 0 Å². The largest absolute Gasteiger partial charge is 0.340 e. The lowest BCUT2D eigenvalue weighted by molar-refractivity contribution is 0.102. The van der Waals surface area contributed by atoms with E-state index >= 15 is 0 Å². The van der Waals surface area contributed by atoms with Crippen LogP contribution in [0.25, 0.3) is 0 Å². The van der Waals surface area contributed by atoms with E-state index in [1.807, 2.05) is 26.0 Å². The standard InChI is InChI=1S/C20H17F2N3O/c1-12-7-13(2)9-16(8-12)24-19-10-14(5-6-23-19)20(26)25-15-3-4-17(21)18(22)11-15/h3-11H,1-2H3,(H,23,24)(H,25,26). The van der Waals surface area contributed by atoms with Gasteiger partial charge in [-0.15, -0.1) is 0 Å². The number of benzene rings is 2. The van der Waals surface area contributed by atoms with Gasteiger partial charge in [0.25, 0.3) is 5.91 Å². The molecule has 6 heteroatoms. The van der Waals surface area contributed by atoms with Gasteiger partial charge < -0.3 is 10.6 Å². The summed E-state index contributed by atoms with van der Waals surface area (Å²) in [6.07, 6.45) is 1.51. The molecule has 2 N–H and O–H groups in total. The molecule has 0 fully saturated rings. The van der Waals surface area contributed by atoms with Crippen molar-refractivity contribution in [3.63, 3.8) is 0 Å². The summed E-state index contributed by atoms with van der Waals surface area (Å²) in [6.45, 7) is 3.99. The Morgan fingerprint density at radius 1 is 0.885 bits per heavy atom. The van der Waals surface area contributed by atoms with E-state index in [0.29, 0.717) is 11.4 Å². The molecular weight excluding hydrogens is 336 g/mol. The number of aryl methyl sites for hydroxylation is 2. The fourth-order valence-corrected chi connectivity index (χ4v) is 2.61. The highest BCUT2D eigenvalue weighted by molar-refractivity contribution is 6.04. The second kappa shape index (κ2) is 7.31. The maximum Gasteiger partial charge on any atom is 0.255 e. The minimum atomic E-state index is -1.02. The van der Waals surface area contributed by atoms with E-state index in [-0.39, 0.29) is 5.69 Å². The second-order valence-corrected chi connectivity index (χ2v) is 6.01. The number of pyridine rings is 1. The predicted octanol–water partition coefficient (Wildman–Crippen LogP) is 4.97. The summed E-state index contributed by atoms with van der Waals surface area (Å²) < 4.78 is 26.2. The van der Waals surface area contributed by atoms with Crippen molar-refractivity contribution in [2.24, 2.45) is 0 Å². The van der Waals surface area contributed by atoms with E-state index in [0.717, 1.165) is 28.9 Å². The topological polar surface area (TPSA) is 54.0 Å². The first-order chi connectivity index (χ1) is 12.4. The van der Waals surface area contributed by atoms with Crippen LogP contribution in [0.3, 0.4) is 0 Å². The quantitative estimate of drug-likeness (QED) is 0.696. The van der Waals surface area contributed by atoms with Crippen LogP contribution in [0.15, 0.2) is 54.7 Å². The summed E-state index contributed by atoms with van der Waals surface area (Å²) in [5, 5.41) is 5.69. The summed E-state index contributed by atoms with van der Waals surface area (Å²) in [7, 11) is 0. The van der Waals surface area contributed by atoms with Crippen molar-refractivity contribution < 1.29 is 13.6 Å². The van der Waals surface area contributed by atoms with Crippen molar-refractivity contribution >= 4 is 23.1 Å². The monoisotopic (exact) mass is 353 g/mol. The van der Waals surface area contributed by atoms with E-state index in [1.54, 1.807) is 12.1 Å². The molecule has 1 aromatic heterocycles. The van der Waals surface area contributed by atoms with Crippen LogP contribution in [0.2, 0.25) is 0 Å². The molecule has 0 radical (unpaired) electrons. The normalized spacial score (nSPS) is 10.5. The molecule has 0 aliphatic carbocycles. The molecule has 26 heavy (non-hydrogen) atoms. The van der Waals surface area contributed by atoms with Crippen LogP contribution in [0, 0.1) is 25.5 Å². The van der Waals surface area contributed by atoms with Crippen LogP contribution in [0.5, 0.6) is 0 Å². The van der Waals surface area contributed by atoms with Crippen molar-refractivity contribution in [2.75, 3.05) is 10.6 Å². The van der Waals surface area contributed by atoms with Crippen LogP contribution in [-0.2, 0) is 0 Å². The zero-order valence-electron chi connectivity index (χ0n) is 14.3. The van der Waals surface area contributed by atoms with E-state index in [9.17, 15) is 13.6 Å². The number of nitrogens with one attached hydrogen (secondary N) is 2. The molecule has 0 saturated carbocycles. The Bertz CT molecular complexity index is 953. The van der Waals surface area contributed by atoms with E-state index in [4.69, 9.17) is 0 Å². The molecule has 132 valence electrons. The molecule has 1 amide bonds. The number of carbonyl (C=O) groups excluding carboxylic acids is 1. The zero-order valence-corrected chi connectivity index (χ0v) is 14.3. The lowest BCUT2D eigenvalue weighted by atomic mass is 10.1. The Morgan fingerprint density at radius 2 is 1.62 bits per heavy atom. The van der Waals surface area contributed by atoms with Crippen LogP contribution >= 0.6 is 0 Å². The van der Waals surface area contributed by atoms with Gasteiger partial charge in [0.1, 0.15) is 5.82 Å². The average Bonchev–Trinajstić information content (AvgIpc) is 2.57. The zero-order chi connectivity index (χ0) is 18.7. The molecule has 0 saturated heterocycles. The molecule has 0 unspecified atom stereocenters. The van der Waals surface area contributed by atoms with Gasteiger partial charge >= 0.3 is 0 Å². The van der Waals surface area contributed by atoms with E-state index in [1.165, 1.54) is 12.3 Å². The van der Waals surface area contributed by atoms with Gasteiger partial charge in [0.05, 0.1) is 0 Å². The fourth-order valence-electron chi connectivity index (χ4n) is 2.61. The molecular formula is C20H17F2N3O. The Hall–Kier alpha value is -3.28. The Balaban J connectivity index is 1.77. The van der Waals surface area contributed by atoms with Gasteiger partial charge in [-0.25, -0.2) is 13.8 Å². The molecule has 4 nitrogen and oxygen atoms in total. The van der Waals surface area contributed by atoms with Gasteiger partial charge in [0.15, 0.2) is 11.6 Å². The van der Waals surface area contributed by atoms with Gasteiger partial charge in [-0.05, 0) is 61.4 Å². The Labute approximate surface area is 149 Å². The van der Waals surface area contributed by atoms with Crippen LogP contribution in [0.4, 0.5) is 26.0 Å². The third-order valence-electron chi connectivity index (χ3n) is 3.69. The molecule has 0 spiro atoms. The van der Waals surface area contributed by atoms with Crippen molar-refractivity contribution in [3.05, 3.63) is 83.1 Å². The Morgan fingerprint density at radius 3 is 2.31 bits per heavy atom. The number of anilines is 3. The van der Waals surface area contributed by atoms with Crippen molar-refractivity contribution in [1.29, 1.82) is 0 Å². The predicted molar refractivity (Wildman–Crippen MR) is 97.7 cm³/mol. The van der Waals surface area contributed by atoms with Crippen molar-refractivity contribution in [1.82, 2.24) is 4.98 Å². The minimum Gasteiger partial charge on any atom is -0.340 e. The average molecular weight is 353 g/mol. The summed E-state index contributed by atoms with van der Waals surface area (Å²) in [6, 6.07) is 12.3. The highest BCUT2D eigenvalue weighted by Crippen LogP contribution is 2.20. The molecule has 0 aliphatic rings. The minimum absolute atomic E-state index is 0.175. The molecule has 0 bridgehead atoms. The highest BCUT2D eigenvalue weighted by Gasteiger charge is 2.10. The van der Waals surface area contributed by atoms with E-state index in [2.05, 4.69) is 21.7 Å². The summed E-state index contributed by atoms with van der Waals surface area (Å²) in [5.41, 5.74) is 3.61.